The molecule has 2 rings (SSSR count). The van der Waals surface area contributed by atoms with Gasteiger partial charge in [-0.05, 0) is 38.5 Å². The van der Waals surface area contributed by atoms with Gasteiger partial charge in [0.15, 0.2) is 0 Å². The topological polar surface area (TPSA) is 32.3 Å². The van der Waals surface area contributed by atoms with Crippen LogP contribution in [0.4, 0.5) is 0 Å². The van der Waals surface area contributed by atoms with Crippen molar-refractivity contribution in [3.05, 3.63) is 0 Å². The monoisotopic (exact) mass is 238 g/mol. The zero-order valence-corrected chi connectivity index (χ0v) is 11.4. The van der Waals surface area contributed by atoms with E-state index in [9.17, 15) is 4.79 Å². The van der Waals surface area contributed by atoms with Crippen LogP contribution in [0.15, 0.2) is 0 Å². The van der Waals surface area contributed by atoms with Gasteiger partial charge in [0.2, 0.25) is 5.91 Å². The average Bonchev–Trinajstić information content (AvgIpc) is 3.00. The van der Waals surface area contributed by atoms with Crippen molar-refractivity contribution >= 4 is 5.91 Å². The largest absolute Gasteiger partial charge is 0.352 e. The first-order valence-electron chi connectivity index (χ1n) is 7.05. The maximum atomic E-state index is 11.2. The van der Waals surface area contributed by atoms with Crippen molar-refractivity contribution in [3.63, 3.8) is 0 Å². The molecule has 1 heterocycles. The second-order valence-corrected chi connectivity index (χ2v) is 6.23. The molecule has 98 valence electrons. The van der Waals surface area contributed by atoms with Gasteiger partial charge in [0, 0.05) is 32.1 Å². The fourth-order valence-electron chi connectivity index (χ4n) is 3.05. The summed E-state index contributed by atoms with van der Waals surface area (Å²) in [5.41, 5.74) is 0. The number of hydrogen-bond donors (Lipinski definition) is 1. The van der Waals surface area contributed by atoms with Crippen LogP contribution < -0.4 is 5.32 Å². The minimum absolute atomic E-state index is 0.116. The van der Waals surface area contributed by atoms with Crippen LogP contribution in [0.2, 0.25) is 0 Å². The molecule has 1 aliphatic heterocycles. The highest BCUT2D eigenvalue weighted by Gasteiger charge is 2.33. The van der Waals surface area contributed by atoms with Crippen molar-refractivity contribution in [3.8, 4) is 0 Å². The predicted octanol–water partition coefficient (Wildman–Crippen LogP) is 2.02. The van der Waals surface area contributed by atoms with E-state index in [1.54, 1.807) is 6.92 Å². The van der Waals surface area contributed by atoms with E-state index in [4.69, 9.17) is 0 Å². The minimum Gasteiger partial charge on any atom is -0.352 e. The van der Waals surface area contributed by atoms with E-state index in [1.807, 2.05) is 0 Å². The molecule has 0 aromatic carbocycles. The molecule has 3 heteroatoms. The summed E-state index contributed by atoms with van der Waals surface area (Å²) < 4.78 is 0. The summed E-state index contributed by atoms with van der Waals surface area (Å²) in [6, 6.07) is 0.959. The van der Waals surface area contributed by atoms with E-state index >= 15 is 0 Å². The molecule has 0 bridgehead atoms. The Morgan fingerprint density at radius 2 is 2.00 bits per heavy atom. The Labute approximate surface area is 105 Å². The number of nitrogens with zero attached hydrogens (tertiary/aromatic N) is 1. The number of hydrogen-bond acceptors (Lipinski definition) is 2. The Kier molecular flexibility index (Phi) is 4.08. The SMILES string of the molecule is CC(=O)NC1CC(CC2CC2)CN(C(C)C)C1. The Bertz CT molecular complexity index is 273. The van der Waals surface area contributed by atoms with Crippen molar-refractivity contribution in [2.45, 2.75) is 58.5 Å². The van der Waals surface area contributed by atoms with Crippen molar-refractivity contribution in [1.82, 2.24) is 10.2 Å². The first-order chi connectivity index (χ1) is 8.04. The van der Waals surface area contributed by atoms with Crippen LogP contribution in [0.5, 0.6) is 0 Å². The molecule has 0 aromatic rings. The van der Waals surface area contributed by atoms with E-state index in [-0.39, 0.29) is 5.91 Å². The number of likely N-dealkylation sites (tertiary alicyclic amines) is 1. The van der Waals surface area contributed by atoms with E-state index in [0.29, 0.717) is 12.1 Å². The molecule has 0 aromatic heterocycles. The van der Waals surface area contributed by atoms with Gasteiger partial charge in [-0.2, -0.15) is 0 Å². The van der Waals surface area contributed by atoms with Crippen LogP contribution in [-0.4, -0.2) is 36.0 Å². The number of nitrogens with one attached hydrogen (secondary N) is 1. The smallest absolute Gasteiger partial charge is 0.217 e. The molecule has 2 aliphatic rings. The normalized spacial score (nSPS) is 30.6. The van der Waals surface area contributed by atoms with Crippen LogP contribution in [-0.2, 0) is 4.79 Å². The summed E-state index contributed by atoms with van der Waals surface area (Å²) in [5.74, 6) is 1.89. The predicted molar refractivity (Wildman–Crippen MR) is 69.8 cm³/mol. The van der Waals surface area contributed by atoms with Gasteiger partial charge >= 0.3 is 0 Å². The summed E-state index contributed by atoms with van der Waals surface area (Å²) in [6.07, 6.45) is 5.42. The van der Waals surface area contributed by atoms with Crippen molar-refractivity contribution in [2.75, 3.05) is 13.1 Å². The zero-order valence-electron chi connectivity index (χ0n) is 11.4. The van der Waals surface area contributed by atoms with Gasteiger partial charge in [0.05, 0.1) is 0 Å². The maximum Gasteiger partial charge on any atom is 0.217 e. The summed E-state index contributed by atoms with van der Waals surface area (Å²) in [6.45, 7) is 8.39. The van der Waals surface area contributed by atoms with Crippen molar-refractivity contribution in [2.24, 2.45) is 11.8 Å². The second kappa shape index (κ2) is 5.38. The molecular formula is C14H26N2O. The highest BCUT2D eigenvalue weighted by atomic mass is 16.1. The van der Waals surface area contributed by atoms with Crippen LogP contribution in [0.1, 0.15) is 46.5 Å². The number of piperidine rings is 1. The lowest BCUT2D eigenvalue weighted by Crippen LogP contribution is -2.52. The summed E-state index contributed by atoms with van der Waals surface area (Å²) in [4.78, 5) is 13.7. The van der Waals surface area contributed by atoms with Crippen LogP contribution in [0, 0.1) is 11.8 Å². The third-order valence-corrected chi connectivity index (χ3v) is 4.07. The molecular weight excluding hydrogens is 212 g/mol. The van der Waals surface area contributed by atoms with Crippen LogP contribution in [0.25, 0.3) is 0 Å². The van der Waals surface area contributed by atoms with E-state index in [2.05, 4.69) is 24.1 Å². The van der Waals surface area contributed by atoms with Crippen molar-refractivity contribution in [1.29, 1.82) is 0 Å². The molecule has 1 N–H and O–H groups in total. The molecule has 1 aliphatic carbocycles. The van der Waals surface area contributed by atoms with E-state index in [1.165, 1.54) is 32.2 Å². The number of amides is 1. The van der Waals surface area contributed by atoms with Gasteiger partial charge in [-0.1, -0.05) is 12.8 Å². The number of carbonyl (C=O) groups excluding carboxylic acids is 1. The minimum atomic E-state index is 0.116. The molecule has 0 radical (unpaired) electrons. The average molecular weight is 238 g/mol. The number of carbonyl (C=O) groups is 1. The van der Waals surface area contributed by atoms with Gasteiger partial charge in [0.1, 0.15) is 0 Å². The van der Waals surface area contributed by atoms with Gasteiger partial charge in [-0.25, -0.2) is 0 Å². The van der Waals surface area contributed by atoms with E-state index < -0.39 is 0 Å². The molecule has 2 unspecified atom stereocenters. The first kappa shape index (κ1) is 12.9. The molecule has 1 saturated carbocycles. The van der Waals surface area contributed by atoms with E-state index in [0.717, 1.165) is 18.4 Å². The quantitative estimate of drug-likeness (QED) is 0.812. The first-order valence-corrected chi connectivity index (χ1v) is 7.05. The molecule has 1 saturated heterocycles. The number of rotatable bonds is 4. The molecule has 17 heavy (non-hydrogen) atoms. The Morgan fingerprint density at radius 3 is 2.53 bits per heavy atom. The Balaban J connectivity index is 1.90. The third kappa shape index (κ3) is 3.98. The fraction of sp³-hybridized carbons (Fsp3) is 0.929. The molecule has 1 amide bonds. The zero-order chi connectivity index (χ0) is 12.4. The summed E-state index contributed by atoms with van der Waals surface area (Å²) in [7, 11) is 0. The van der Waals surface area contributed by atoms with Gasteiger partial charge in [-0.15, -0.1) is 0 Å². The lowest BCUT2D eigenvalue weighted by molar-refractivity contribution is -0.120. The summed E-state index contributed by atoms with van der Waals surface area (Å²) >= 11 is 0. The van der Waals surface area contributed by atoms with Crippen molar-refractivity contribution < 1.29 is 4.79 Å². The molecule has 0 spiro atoms. The standard InChI is InChI=1S/C14H26N2O/c1-10(2)16-8-13(6-12-4-5-12)7-14(9-16)15-11(3)17/h10,12-14H,4-9H2,1-3H3,(H,15,17). The molecule has 3 nitrogen and oxygen atoms in total. The molecule has 2 fully saturated rings. The highest BCUT2D eigenvalue weighted by Crippen LogP contribution is 2.38. The lowest BCUT2D eigenvalue weighted by atomic mass is 9.89. The molecule has 2 atom stereocenters. The van der Waals surface area contributed by atoms with Crippen LogP contribution >= 0.6 is 0 Å². The van der Waals surface area contributed by atoms with Gasteiger partial charge in [-0.3, -0.25) is 9.69 Å². The third-order valence-electron chi connectivity index (χ3n) is 4.07. The van der Waals surface area contributed by atoms with Crippen LogP contribution in [0.3, 0.4) is 0 Å². The summed E-state index contributed by atoms with van der Waals surface area (Å²) in [5, 5.41) is 3.11. The maximum absolute atomic E-state index is 11.2. The van der Waals surface area contributed by atoms with Gasteiger partial charge in [0.25, 0.3) is 0 Å². The second-order valence-electron chi connectivity index (χ2n) is 6.23. The van der Waals surface area contributed by atoms with Gasteiger partial charge < -0.3 is 5.32 Å². The Hall–Kier alpha value is -0.570. The fourth-order valence-corrected chi connectivity index (χ4v) is 3.05. The lowest BCUT2D eigenvalue weighted by Gasteiger charge is -2.40. The Morgan fingerprint density at radius 1 is 1.29 bits per heavy atom. The highest BCUT2D eigenvalue weighted by molar-refractivity contribution is 5.73.